The molecule has 0 radical (unpaired) electrons. The third kappa shape index (κ3) is 4.98. The van der Waals surface area contributed by atoms with E-state index in [0.717, 1.165) is 22.9 Å². The van der Waals surface area contributed by atoms with Crippen molar-refractivity contribution in [1.29, 1.82) is 5.41 Å². The van der Waals surface area contributed by atoms with Crippen LogP contribution in [0.2, 0.25) is 10.0 Å². The van der Waals surface area contributed by atoms with Gasteiger partial charge >= 0.3 is 0 Å². The first-order valence-corrected chi connectivity index (χ1v) is 13.5. The zero-order chi connectivity index (χ0) is 25.4. The Kier molecular flexibility index (Phi) is 7.27. The number of fused-ring (bicyclic) bond motifs is 3. The first kappa shape index (κ1) is 25.1. The van der Waals surface area contributed by atoms with Gasteiger partial charge < -0.3 is 14.0 Å². The van der Waals surface area contributed by atoms with E-state index >= 15 is 0 Å². The molecule has 6 nitrogen and oxygen atoms in total. The van der Waals surface area contributed by atoms with Crippen LogP contribution in [-0.4, -0.2) is 39.3 Å². The van der Waals surface area contributed by atoms with Crippen molar-refractivity contribution >= 4 is 45.9 Å². The van der Waals surface area contributed by atoms with Crippen molar-refractivity contribution in [2.75, 3.05) is 13.6 Å². The van der Waals surface area contributed by atoms with Crippen molar-refractivity contribution in [2.45, 2.75) is 51.6 Å². The molecule has 36 heavy (non-hydrogen) atoms. The number of hydrogen-bond acceptors (Lipinski definition) is 3. The Morgan fingerprint density at radius 3 is 2.53 bits per heavy atom. The van der Waals surface area contributed by atoms with Gasteiger partial charge in [-0.15, -0.1) is 0 Å². The Bertz CT molecular complexity index is 1340. The highest BCUT2D eigenvalue weighted by Gasteiger charge is 2.40. The lowest BCUT2D eigenvalue weighted by Gasteiger charge is -2.24. The highest BCUT2D eigenvalue weighted by molar-refractivity contribution is 6.35. The maximum Gasteiger partial charge on any atom is 0.222 e. The molecule has 1 aromatic heterocycles. The highest BCUT2D eigenvalue weighted by Crippen LogP contribution is 2.49. The number of benzene rings is 2. The second-order valence-corrected chi connectivity index (χ2v) is 11.3. The van der Waals surface area contributed by atoms with E-state index in [1.54, 1.807) is 34.9 Å². The number of carbonyl (C=O) groups is 2. The molecule has 0 spiro atoms. The van der Waals surface area contributed by atoms with E-state index in [1.807, 2.05) is 28.6 Å². The molecule has 1 N–H and O–H groups in total. The summed E-state index contributed by atoms with van der Waals surface area (Å²) < 4.78 is 3.54. The summed E-state index contributed by atoms with van der Waals surface area (Å²) in [6.45, 7) is 1.19. The van der Waals surface area contributed by atoms with Crippen molar-refractivity contribution in [3.05, 3.63) is 63.7 Å². The van der Waals surface area contributed by atoms with Crippen LogP contribution in [0.3, 0.4) is 0 Å². The summed E-state index contributed by atoms with van der Waals surface area (Å²) in [4.78, 5) is 27.6. The van der Waals surface area contributed by atoms with Gasteiger partial charge in [-0.2, -0.15) is 0 Å². The van der Waals surface area contributed by atoms with Gasteiger partial charge in [0.25, 0.3) is 0 Å². The molecule has 2 aliphatic rings. The molecular weight excluding hydrogens is 495 g/mol. The molecule has 2 bridgehead atoms. The quantitative estimate of drug-likeness (QED) is 0.358. The number of carbonyl (C=O) groups excluding carboxylic acids is 2. The third-order valence-corrected chi connectivity index (χ3v) is 8.68. The number of amides is 1. The van der Waals surface area contributed by atoms with Gasteiger partial charge in [0.15, 0.2) is 5.78 Å². The second kappa shape index (κ2) is 10.4. The monoisotopic (exact) mass is 526 g/mol. The van der Waals surface area contributed by atoms with E-state index in [-0.39, 0.29) is 23.9 Å². The molecule has 0 saturated heterocycles. The van der Waals surface area contributed by atoms with Crippen LogP contribution in [0.5, 0.6) is 0 Å². The molecule has 190 valence electrons. The van der Waals surface area contributed by atoms with Gasteiger partial charge in [0, 0.05) is 37.1 Å². The summed E-state index contributed by atoms with van der Waals surface area (Å²) in [6, 6.07) is 12.3. The summed E-state index contributed by atoms with van der Waals surface area (Å²) in [5, 5.41) is 9.96. The molecule has 2 fully saturated rings. The zero-order valence-electron chi connectivity index (χ0n) is 20.6. The Labute approximate surface area is 221 Å². The molecule has 3 atom stereocenters. The number of rotatable bonds is 9. The van der Waals surface area contributed by atoms with E-state index in [4.69, 9.17) is 28.6 Å². The molecule has 2 aliphatic carbocycles. The first-order chi connectivity index (χ1) is 17.3. The zero-order valence-corrected chi connectivity index (χ0v) is 22.1. The SMILES string of the molecule is CN(CCCn1c(=N)n(CC(=O)c2ccc(Cl)cc2)c2cccc(Cl)c21)C(=O)CC1C[C@H]2CC[C@@H]1C2. The standard InChI is InChI=1S/C28H32Cl2N4O2/c1-32(26(36)16-21-15-18-6-7-20(21)14-18)12-3-13-33-27-23(30)4-2-5-24(27)34(28(33)31)17-25(35)19-8-10-22(29)11-9-19/h2,4-5,8-11,18,20-21,31H,3,6-7,12-17H2,1H3/t18-,20+,21?/m0/s1. The normalized spacial score (nSPS) is 20.8. The van der Waals surface area contributed by atoms with Crippen LogP contribution in [0, 0.1) is 23.2 Å². The lowest BCUT2D eigenvalue weighted by molar-refractivity contribution is -0.131. The van der Waals surface area contributed by atoms with Crippen LogP contribution in [-0.2, 0) is 17.9 Å². The first-order valence-electron chi connectivity index (χ1n) is 12.8. The number of aromatic nitrogens is 2. The predicted octanol–water partition coefficient (Wildman–Crippen LogP) is 5.79. The number of ketones is 1. The maximum atomic E-state index is 12.9. The number of halogens is 2. The number of hydrogen-bond donors (Lipinski definition) is 1. The van der Waals surface area contributed by atoms with Gasteiger partial charge in [-0.05, 0) is 79.8 Å². The number of nitrogens with one attached hydrogen (secondary N) is 1. The third-order valence-electron chi connectivity index (χ3n) is 8.13. The summed E-state index contributed by atoms with van der Waals surface area (Å²) >= 11 is 12.5. The molecule has 2 aromatic carbocycles. The van der Waals surface area contributed by atoms with Crippen LogP contribution >= 0.6 is 23.2 Å². The molecule has 1 unspecified atom stereocenters. The van der Waals surface area contributed by atoms with Crippen molar-refractivity contribution in [2.24, 2.45) is 17.8 Å². The van der Waals surface area contributed by atoms with Crippen molar-refractivity contribution in [3.8, 4) is 0 Å². The summed E-state index contributed by atoms with van der Waals surface area (Å²) in [6.07, 6.45) is 6.53. The van der Waals surface area contributed by atoms with Gasteiger partial charge in [0.2, 0.25) is 11.5 Å². The molecule has 2 saturated carbocycles. The van der Waals surface area contributed by atoms with Crippen molar-refractivity contribution in [3.63, 3.8) is 0 Å². The predicted molar refractivity (Wildman–Crippen MR) is 142 cm³/mol. The molecular formula is C28H32Cl2N4O2. The fourth-order valence-electron chi connectivity index (χ4n) is 6.20. The smallest absolute Gasteiger partial charge is 0.222 e. The topological polar surface area (TPSA) is 71.1 Å². The molecule has 5 rings (SSSR count). The van der Waals surface area contributed by atoms with Gasteiger partial charge in [-0.25, -0.2) is 0 Å². The van der Waals surface area contributed by atoms with Crippen molar-refractivity contribution in [1.82, 2.24) is 14.0 Å². The molecule has 3 aromatic rings. The van der Waals surface area contributed by atoms with Crippen LogP contribution in [0.15, 0.2) is 42.5 Å². The van der Waals surface area contributed by atoms with Crippen LogP contribution < -0.4 is 5.62 Å². The minimum Gasteiger partial charge on any atom is -0.346 e. The van der Waals surface area contributed by atoms with Gasteiger partial charge in [0.1, 0.15) is 0 Å². The van der Waals surface area contributed by atoms with Gasteiger partial charge in [-0.1, -0.05) is 35.7 Å². The van der Waals surface area contributed by atoms with E-state index in [2.05, 4.69) is 0 Å². The number of para-hydroxylation sites is 1. The van der Waals surface area contributed by atoms with Gasteiger partial charge in [0.05, 0.1) is 22.6 Å². The minimum atomic E-state index is -0.102. The molecule has 8 heteroatoms. The second-order valence-electron chi connectivity index (χ2n) is 10.4. The van der Waals surface area contributed by atoms with E-state index in [9.17, 15) is 9.59 Å². The van der Waals surface area contributed by atoms with Gasteiger partial charge in [-0.3, -0.25) is 15.0 Å². The largest absolute Gasteiger partial charge is 0.346 e. The average Bonchev–Trinajstić information content (AvgIpc) is 3.55. The number of imidazole rings is 1. The number of Topliss-reactive ketones (excluding diaryl/α,β-unsaturated/α-hetero) is 1. The lowest BCUT2D eigenvalue weighted by atomic mass is 9.86. The van der Waals surface area contributed by atoms with E-state index in [0.29, 0.717) is 47.5 Å². The summed E-state index contributed by atoms with van der Waals surface area (Å²) in [5.74, 6) is 2.27. The van der Waals surface area contributed by atoms with E-state index < -0.39 is 0 Å². The Balaban J connectivity index is 1.27. The number of nitrogens with zero attached hydrogens (tertiary/aromatic N) is 3. The fourth-order valence-corrected chi connectivity index (χ4v) is 6.60. The fraction of sp³-hybridized carbons (Fsp3) is 0.464. The molecule has 1 heterocycles. The van der Waals surface area contributed by atoms with Crippen molar-refractivity contribution < 1.29 is 9.59 Å². The Hall–Kier alpha value is -2.57. The maximum absolute atomic E-state index is 12.9. The van der Waals surface area contributed by atoms with E-state index in [1.165, 1.54) is 25.7 Å². The summed E-state index contributed by atoms with van der Waals surface area (Å²) in [5.41, 5.74) is 2.25. The summed E-state index contributed by atoms with van der Waals surface area (Å²) in [7, 11) is 1.88. The minimum absolute atomic E-state index is 0.0340. The average molecular weight is 527 g/mol. The molecule has 0 aliphatic heterocycles. The lowest BCUT2D eigenvalue weighted by Crippen LogP contribution is -2.32. The van der Waals surface area contributed by atoms with Crippen LogP contribution in [0.4, 0.5) is 0 Å². The van der Waals surface area contributed by atoms with Crippen LogP contribution in [0.25, 0.3) is 11.0 Å². The number of aryl methyl sites for hydroxylation is 1. The Morgan fingerprint density at radius 2 is 1.83 bits per heavy atom. The van der Waals surface area contributed by atoms with Crippen LogP contribution in [0.1, 0.15) is 48.9 Å². The molecule has 1 amide bonds. The highest BCUT2D eigenvalue weighted by atomic mass is 35.5. The Morgan fingerprint density at radius 1 is 1.06 bits per heavy atom.